The fourth-order valence-electron chi connectivity index (χ4n) is 4.52. The quantitative estimate of drug-likeness (QED) is 0.725. The number of nitrogens with zero attached hydrogens (tertiary/aromatic N) is 4. The fourth-order valence-corrected chi connectivity index (χ4v) is 4.52. The Bertz CT molecular complexity index is 1030. The SMILES string of the molecule is C=Cn1c(-c2ccc(N3CCNCC3)cc2C)nnc1C1(c2ccccc2)CC1. The van der Waals surface area contributed by atoms with Crippen LogP contribution < -0.4 is 10.2 Å². The van der Waals surface area contributed by atoms with E-state index in [9.17, 15) is 0 Å². The summed E-state index contributed by atoms with van der Waals surface area (Å²) in [6.45, 7) is 10.4. The molecule has 2 heterocycles. The Morgan fingerprint density at radius 3 is 2.45 bits per heavy atom. The maximum absolute atomic E-state index is 4.65. The molecule has 0 bridgehead atoms. The first-order valence-electron chi connectivity index (χ1n) is 10.4. The molecule has 2 aliphatic rings. The highest BCUT2D eigenvalue weighted by Crippen LogP contribution is 2.53. The molecule has 1 aromatic heterocycles. The van der Waals surface area contributed by atoms with E-state index in [1.807, 2.05) is 6.20 Å². The molecule has 0 atom stereocenters. The maximum atomic E-state index is 4.65. The van der Waals surface area contributed by atoms with E-state index in [-0.39, 0.29) is 5.41 Å². The van der Waals surface area contributed by atoms with Crippen molar-refractivity contribution < 1.29 is 0 Å². The molecular formula is C24H27N5. The topological polar surface area (TPSA) is 46.0 Å². The highest BCUT2D eigenvalue weighted by atomic mass is 15.3. The Morgan fingerprint density at radius 1 is 1.03 bits per heavy atom. The summed E-state index contributed by atoms with van der Waals surface area (Å²) < 4.78 is 2.09. The van der Waals surface area contributed by atoms with E-state index >= 15 is 0 Å². The van der Waals surface area contributed by atoms with Crippen LogP contribution in [0.1, 0.15) is 29.8 Å². The first-order valence-corrected chi connectivity index (χ1v) is 10.4. The van der Waals surface area contributed by atoms with Gasteiger partial charge in [0, 0.05) is 43.6 Å². The van der Waals surface area contributed by atoms with Gasteiger partial charge in [0.1, 0.15) is 5.82 Å². The van der Waals surface area contributed by atoms with E-state index in [0.29, 0.717) is 0 Å². The second-order valence-corrected chi connectivity index (χ2v) is 8.08. The van der Waals surface area contributed by atoms with Crippen molar-refractivity contribution in [3.05, 3.63) is 72.1 Å². The van der Waals surface area contributed by atoms with Gasteiger partial charge < -0.3 is 10.2 Å². The third-order valence-corrected chi connectivity index (χ3v) is 6.32. The van der Waals surface area contributed by atoms with Gasteiger partial charge in [-0.05, 0) is 49.1 Å². The predicted octanol–water partition coefficient (Wildman–Crippen LogP) is 3.84. The van der Waals surface area contributed by atoms with Crippen LogP contribution in [0.3, 0.4) is 0 Å². The lowest BCUT2D eigenvalue weighted by Gasteiger charge is -2.30. The van der Waals surface area contributed by atoms with E-state index in [1.54, 1.807) is 0 Å². The number of hydrogen-bond donors (Lipinski definition) is 1. The minimum atomic E-state index is -0.0324. The van der Waals surface area contributed by atoms with Crippen molar-refractivity contribution >= 4 is 11.9 Å². The molecule has 5 rings (SSSR count). The van der Waals surface area contributed by atoms with Gasteiger partial charge in [0.15, 0.2) is 5.82 Å². The summed E-state index contributed by atoms with van der Waals surface area (Å²) in [4.78, 5) is 2.44. The Labute approximate surface area is 172 Å². The monoisotopic (exact) mass is 385 g/mol. The van der Waals surface area contributed by atoms with Crippen molar-refractivity contribution in [2.24, 2.45) is 0 Å². The van der Waals surface area contributed by atoms with Crippen LogP contribution in [0, 0.1) is 6.92 Å². The predicted molar refractivity (Wildman–Crippen MR) is 118 cm³/mol. The molecule has 1 saturated carbocycles. The molecule has 1 aliphatic heterocycles. The molecule has 1 saturated heterocycles. The molecular weight excluding hydrogens is 358 g/mol. The lowest BCUT2D eigenvalue weighted by Crippen LogP contribution is -2.43. The molecule has 0 unspecified atom stereocenters. The van der Waals surface area contributed by atoms with E-state index < -0.39 is 0 Å². The summed E-state index contributed by atoms with van der Waals surface area (Å²) in [7, 11) is 0. The molecule has 148 valence electrons. The minimum absolute atomic E-state index is 0.0324. The molecule has 2 aromatic carbocycles. The van der Waals surface area contributed by atoms with Gasteiger partial charge in [-0.15, -0.1) is 10.2 Å². The molecule has 5 nitrogen and oxygen atoms in total. The van der Waals surface area contributed by atoms with Crippen LogP contribution in [-0.2, 0) is 5.41 Å². The van der Waals surface area contributed by atoms with Crippen molar-refractivity contribution in [3.8, 4) is 11.4 Å². The van der Waals surface area contributed by atoms with Crippen LogP contribution in [0.2, 0.25) is 0 Å². The highest BCUT2D eigenvalue weighted by molar-refractivity contribution is 5.67. The molecule has 0 spiro atoms. The van der Waals surface area contributed by atoms with Gasteiger partial charge in [-0.25, -0.2) is 0 Å². The van der Waals surface area contributed by atoms with Gasteiger partial charge >= 0.3 is 0 Å². The van der Waals surface area contributed by atoms with Gasteiger partial charge in [-0.1, -0.05) is 36.9 Å². The molecule has 29 heavy (non-hydrogen) atoms. The second kappa shape index (κ2) is 7.16. The maximum Gasteiger partial charge on any atom is 0.168 e. The van der Waals surface area contributed by atoms with E-state index in [1.165, 1.54) is 16.8 Å². The lowest BCUT2D eigenvalue weighted by atomic mass is 9.95. The number of anilines is 1. The van der Waals surface area contributed by atoms with Gasteiger partial charge in [-0.2, -0.15) is 0 Å². The van der Waals surface area contributed by atoms with Crippen LogP contribution >= 0.6 is 0 Å². The first-order chi connectivity index (χ1) is 14.2. The Morgan fingerprint density at radius 2 is 1.79 bits per heavy atom. The number of aromatic nitrogens is 3. The third-order valence-electron chi connectivity index (χ3n) is 6.32. The zero-order chi connectivity index (χ0) is 19.8. The smallest absolute Gasteiger partial charge is 0.168 e. The summed E-state index contributed by atoms with van der Waals surface area (Å²) in [5.41, 5.74) is 4.89. The number of aryl methyl sites for hydroxylation is 1. The largest absolute Gasteiger partial charge is 0.369 e. The van der Waals surface area contributed by atoms with Crippen LogP contribution in [-0.4, -0.2) is 40.9 Å². The molecule has 0 radical (unpaired) electrons. The number of nitrogens with one attached hydrogen (secondary N) is 1. The minimum Gasteiger partial charge on any atom is -0.369 e. The summed E-state index contributed by atoms with van der Waals surface area (Å²) in [6, 6.07) is 17.3. The summed E-state index contributed by atoms with van der Waals surface area (Å²) in [5.74, 6) is 1.88. The summed E-state index contributed by atoms with van der Waals surface area (Å²) >= 11 is 0. The average Bonchev–Trinajstić information content (AvgIpc) is 3.47. The van der Waals surface area contributed by atoms with E-state index in [0.717, 1.165) is 56.2 Å². The standard InChI is InChI=1S/C24H27N5/c1-3-29-22(21-10-9-20(17-18(21)2)28-15-13-25-14-16-28)26-27-23(29)24(11-12-24)19-7-5-4-6-8-19/h3-10,17,25H,1,11-16H2,2H3. The zero-order valence-corrected chi connectivity index (χ0v) is 16.9. The normalized spacial score (nSPS) is 17.9. The third kappa shape index (κ3) is 3.06. The summed E-state index contributed by atoms with van der Waals surface area (Å²) in [6.07, 6.45) is 4.06. The van der Waals surface area contributed by atoms with E-state index in [2.05, 4.69) is 87.0 Å². The van der Waals surface area contributed by atoms with Crippen molar-refractivity contribution in [2.45, 2.75) is 25.2 Å². The average molecular weight is 386 g/mol. The Balaban J connectivity index is 1.52. The Kier molecular flexibility index (Phi) is 4.47. The van der Waals surface area contributed by atoms with Gasteiger partial charge in [0.25, 0.3) is 0 Å². The lowest BCUT2D eigenvalue weighted by molar-refractivity contribution is 0.589. The molecule has 5 heteroatoms. The second-order valence-electron chi connectivity index (χ2n) is 8.08. The van der Waals surface area contributed by atoms with Gasteiger partial charge in [0.05, 0.1) is 5.41 Å². The number of piperazine rings is 1. The van der Waals surface area contributed by atoms with Crippen molar-refractivity contribution in [2.75, 3.05) is 31.1 Å². The fraction of sp³-hybridized carbons (Fsp3) is 0.333. The first kappa shape index (κ1) is 18.1. The Hall–Kier alpha value is -2.92. The van der Waals surface area contributed by atoms with Gasteiger partial charge in [0.2, 0.25) is 0 Å². The molecule has 0 amide bonds. The van der Waals surface area contributed by atoms with E-state index in [4.69, 9.17) is 0 Å². The molecule has 2 fully saturated rings. The molecule has 1 aliphatic carbocycles. The number of benzene rings is 2. The van der Waals surface area contributed by atoms with Crippen molar-refractivity contribution in [1.29, 1.82) is 0 Å². The van der Waals surface area contributed by atoms with Crippen molar-refractivity contribution in [1.82, 2.24) is 20.1 Å². The van der Waals surface area contributed by atoms with Crippen LogP contribution in [0.4, 0.5) is 5.69 Å². The molecule has 3 aromatic rings. The van der Waals surface area contributed by atoms with Crippen LogP contribution in [0.15, 0.2) is 55.1 Å². The number of hydrogen-bond acceptors (Lipinski definition) is 4. The van der Waals surface area contributed by atoms with Crippen LogP contribution in [0.25, 0.3) is 17.6 Å². The molecule has 1 N–H and O–H groups in total. The van der Waals surface area contributed by atoms with Crippen LogP contribution in [0.5, 0.6) is 0 Å². The summed E-state index contributed by atoms with van der Waals surface area (Å²) in [5, 5.41) is 12.7. The highest BCUT2D eigenvalue weighted by Gasteiger charge is 2.50. The van der Waals surface area contributed by atoms with Gasteiger partial charge in [-0.3, -0.25) is 4.57 Å². The number of rotatable bonds is 5. The zero-order valence-electron chi connectivity index (χ0n) is 16.9. The van der Waals surface area contributed by atoms with Crippen molar-refractivity contribution in [3.63, 3.8) is 0 Å².